The van der Waals surface area contributed by atoms with Gasteiger partial charge in [0, 0.05) is 11.9 Å². The molecule has 2 aromatic heterocycles. The van der Waals surface area contributed by atoms with Gasteiger partial charge in [-0.15, -0.1) is 10.2 Å². The number of fused-ring (bicyclic) bond motifs is 1. The Bertz CT molecular complexity index is 1180. The lowest BCUT2D eigenvalue weighted by Crippen LogP contribution is -2.31. The lowest BCUT2D eigenvalue weighted by atomic mass is 10.2. The summed E-state index contributed by atoms with van der Waals surface area (Å²) in [5, 5.41) is 8.06. The van der Waals surface area contributed by atoms with Crippen LogP contribution in [0.25, 0.3) is 5.65 Å². The molecule has 9 heteroatoms. The number of thioether (sulfide) groups is 1. The van der Waals surface area contributed by atoms with Gasteiger partial charge in [-0.3, -0.25) is 9.20 Å². The number of amides is 1. The van der Waals surface area contributed by atoms with Crippen molar-refractivity contribution in [2.24, 2.45) is 0 Å². The van der Waals surface area contributed by atoms with Gasteiger partial charge in [0.05, 0.1) is 17.9 Å². The molecular formula is C22H17F3N4OS. The van der Waals surface area contributed by atoms with Crippen molar-refractivity contribution in [2.75, 3.05) is 10.7 Å². The highest BCUT2D eigenvalue weighted by molar-refractivity contribution is 7.99. The van der Waals surface area contributed by atoms with Crippen molar-refractivity contribution in [1.29, 1.82) is 0 Å². The van der Waals surface area contributed by atoms with Crippen molar-refractivity contribution in [3.8, 4) is 0 Å². The van der Waals surface area contributed by atoms with Gasteiger partial charge in [0.15, 0.2) is 10.8 Å². The Labute approximate surface area is 180 Å². The van der Waals surface area contributed by atoms with E-state index in [1.807, 2.05) is 60.7 Å². The van der Waals surface area contributed by atoms with Crippen LogP contribution in [0.15, 0.2) is 84.1 Å². The van der Waals surface area contributed by atoms with E-state index in [9.17, 15) is 18.0 Å². The second-order valence-corrected chi connectivity index (χ2v) is 7.66. The average Bonchev–Trinajstić information content (AvgIpc) is 3.19. The van der Waals surface area contributed by atoms with Gasteiger partial charge in [-0.05, 0) is 29.8 Å². The maximum absolute atomic E-state index is 13.1. The summed E-state index contributed by atoms with van der Waals surface area (Å²) in [7, 11) is 0. The SMILES string of the molecule is O=C(CSc1nnc2ccc(C(F)(F)F)cn12)N(Cc1ccccc1)c1ccccc1. The molecule has 0 spiro atoms. The van der Waals surface area contributed by atoms with E-state index >= 15 is 0 Å². The fourth-order valence-electron chi connectivity index (χ4n) is 3.04. The minimum atomic E-state index is -4.48. The van der Waals surface area contributed by atoms with Gasteiger partial charge in [-0.1, -0.05) is 60.3 Å². The van der Waals surface area contributed by atoms with Crippen LogP contribution < -0.4 is 4.90 Å². The summed E-state index contributed by atoms with van der Waals surface area (Å²) in [4.78, 5) is 14.7. The van der Waals surface area contributed by atoms with Crippen molar-refractivity contribution in [3.05, 3.63) is 90.1 Å². The summed E-state index contributed by atoms with van der Waals surface area (Å²) in [5.74, 6) is -0.192. The number of rotatable bonds is 6. The standard InChI is InChI=1S/C22H17F3N4OS/c23-22(24,25)17-11-12-19-26-27-21(29(19)14-17)31-15-20(30)28(18-9-5-2-6-10-18)13-16-7-3-1-4-8-16/h1-12,14H,13,15H2. The van der Waals surface area contributed by atoms with Crippen molar-refractivity contribution in [3.63, 3.8) is 0 Å². The van der Waals surface area contributed by atoms with Crippen LogP contribution in [0.2, 0.25) is 0 Å². The van der Waals surface area contributed by atoms with Crippen LogP contribution in [0.5, 0.6) is 0 Å². The number of pyridine rings is 1. The molecular weight excluding hydrogens is 425 g/mol. The summed E-state index contributed by atoms with van der Waals surface area (Å²) < 4.78 is 40.4. The molecule has 5 nitrogen and oxygen atoms in total. The predicted octanol–water partition coefficient (Wildman–Crippen LogP) is 5.07. The molecule has 0 aliphatic rings. The van der Waals surface area contributed by atoms with Gasteiger partial charge >= 0.3 is 6.18 Å². The Morgan fingerprint density at radius 2 is 1.61 bits per heavy atom. The van der Waals surface area contributed by atoms with Crippen molar-refractivity contribution in [1.82, 2.24) is 14.6 Å². The minimum Gasteiger partial charge on any atom is -0.307 e. The third-order valence-electron chi connectivity index (χ3n) is 4.58. The molecule has 0 bridgehead atoms. The van der Waals surface area contributed by atoms with E-state index in [1.165, 1.54) is 10.5 Å². The molecule has 0 atom stereocenters. The number of aromatic nitrogens is 3. The minimum absolute atomic E-state index is 0.00122. The number of anilines is 1. The van der Waals surface area contributed by atoms with E-state index in [0.717, 1.165) is 35.3 Å². The molecule has 2 heterocycles. The van der Waals surface area contributed by atoms with Gasteiger partial charge in [-0.2, -0.15) is 13.2 Å². The second-order valence-electron chi connectivity index (χ2n) is 6.72. The molecule has 158 valence electrons. The summed E-state index contributed by atoms with van der Waals surface area (Å²) >= 11 is 1.05. The van der Waals surface area contributed by atoms with E-state index < -0.39 is 11.7 Å². The lowest BCUT2D eigenvalue weighted by molar-refractivity contribution is -0.137. The molecule has 0 fully saturated rings. The number of para-hydroxylation sites is 1. The molecule has 0 aliphatic heterocycles. The molecule has 4 aromatic rings. The van der Waals surface area contributed by atoms with E-state index in [2.05, 4.69) is 10.2 Å². The number of benzene rings is 2. The number of nitrogens with zero attached hydrogens (tertiary/aromatic N) is 4. The molecule has 1 amide bonds. The molecule has 4 rings (SSSR count). The van der Waals surface area contributed by atoms with Crippen LogP contribution in [0.1, 0.15) is 11.1 Å². The van der Waals surface area contributed by atoms with Crippen LogP contribution in [0.4, 0.5) is 18.9 Å². The highest BCUT2D eigenvalue weighted by Gasteiger charge is 2.31. The highest BCUT2D eigenvalue weighted by atomic mass is 32.2. The zero-order chi connectivity index (χ0) is 21.8. The molecule has 31 heavy (non-hydrogen) atoms. The van der Waals surface area contributed by atoms with Crippen LogP contribution in [-0.2, 0) is 17.5 Å². The highest BCUT2D eigenvalue weighted by Crippen LogP contribution is 2.30. The number of carbonyl (C=O) groups is 1. The van der Waals surface area contributed by atoms with Gasteiger partial charge in [-0.25, -0.2) is 0 Å². The third kappa shape index (κ3) is 4.88. The van der Waals surface area contributed by atoms with Gasteiger partial charge in [0.1, 0.15) is 0 Å². The van der Waals surface area contributed by atoms with Crippen LogP contribution in [0, 0.1) is 0 Å². The van der Waals surface area contributed by atoms with E-state index in [4.69, 9.17) is 0 Å². The maximum Gasteiger partial charge on any atom is 0.417 e. The fraction of sp³-hybridized carbons (Fsp3) is 0.136. The monoisotopic (exact) mass is 442 g/mol. The normalized spacial score (nSPS) is 11.6. The largest absolute Gasteiger partial charge is 0.417 e. The molecule has 0 saturated carbocycles. The van der Waals surface area contributed by atoms with Crippen LogP contribution in [0.3, 0.4) is 0 Å². The van der Waals surface area contributed by atoms with Gasteiger partial charge in [0.25, 0.3) is 0 Å². The molecule has 0 N–H and O–H groups in total. The van der Waals surface area contributed by atoms with Crippen molar-refractivity contribution in [2.45, 2.75) is 17.9 Å². The van der Waals surface area contributed by atoms with Crippen LogP contribution in [-0.4, -0.2) is 26.3 Å². The lowest BCUT2D eigenvalue weighted by Gasteiger charge is -2.23. The zero-order valence-electron chi connectivity index (χ0n) is 16.2. The molecule has 2 aromatic carbocycles. The Kier molecular flexibility index (Phi) is 5.94. The first-order valence-electron chi connectivity index (χ1n) is 9.36. The first kappa shape index (κ1) is 20.9. The third-order valence-corrected chi connectivity index (χ3v) is 5.50. The fourth-order valence-corrected chi connectivity index (χ4v) is 3.83. The van der Waals surface area contributed by atoms with Crippen LogP contribution >= 0.6 is 11.8 Å². The Hall–Kier alpha value is -3.33. The summed E-state index contributed by atoms with van der Waals surface area (Å²) in [6.07, 6.45) is -3.53. The van der Waals surface area contributed by atoms with Gasteiger partial charge < -0.3 is 4.90 Å². The summed E-state index contributed by atoms with van der Waals surface area (Å²) in [6, 6.07) is 21.0. The average molecular weight is 442 g/mol. The molecule has 0 unspecified atom stereocenters. The first-order chi connectivity index (χ1) is 14.9. The number of carbonyl (C=O) groups excluding carboxylic acids is 1. The van der Waals surface area contributed by atoms with E-state index in [-0.39, 0.29) is 22.5 Å². The number of hydrogen-bond acceptors (Lipinski definition) is 4. The summed E-state index contributed by atoms with van der Waals surface area (Å²) in [6.45, 7) is 0.378. The van der Waals surface area contributed by atoms with E-state index in [1.54, 1.807) is 4.90 Å². The predicted molar refractivity (Wildman–Crippen MR) is 113 cm³/mol. The topological polar surface area (TPSA) is 50.5 Å². The van der Waals surface area contributed by atoms with Crippen molar-refractivity contribution < 1.29 is 18.0 Å². The number of halogens is 3. The maximum atomic E-state index is 13.1. The van der Waals surface area contributed by atoms with Crippen molar-refractivity contribution >= 4 is 29.0 Å². The molecule has 0 saturated heterocycles. The zero-order valence-corrected chi connectivity index (χ0v) is 17.0. The molecule has 0 radical (unpaired) electrons. The Morgan fingerprint density at radius 3 is 2.29 bits per heavy atom. The van der Waals surface area contributed by atoms with E-state index in [0.29, 0.717) is 6.54 Å². The quantitative estimate of drug-likeness (QED) is 0.391. The Balaban J connectivity index is 1.55. The van der Waals surface area contributed by atoms with Gasteiger partial charge in [0.2, 0.25) is 5.91 Å². The molecule has 0 aliphatic carbocycles. The second kappa shape index (κ2) is 8.81. The summed E-state index contributed by atoms with van der Waals surface area (Å²) in [5.41, 5.74) is 1.19. The number of alkyl halides is 3. The first-order valence-corrected chi connectivity index (χ1v) is 10.3. The number of hydrogen-bond donors (Lipinski definition) is 0. The Morgan fingerprint density at radius 1 is 0.935 bits per heavy atom. The smallest absolute Gasteiger partial charge is 0.307 e.